The second-order valence-corrected chi connectivity index (χ2v) is 3.99. The molecule has 1 atom stereocenters. The van der Waals surface area contributed by atoms with Gasteiger partial charge in [-0.25, -0.2) is 4.79 Å². The predicted molar refractivity (Wildman–Crippen MR) is 65.9 cm³/mol. The molecule has 1 heterocycles. The fraction of sp³-hybridized carbons (Fsp3) is 0.333. The second-order valence-electron chi connectivity index (χ2n) is 3.99. The molecule has 0 saturated carbocycles. The maximum atomic E-state index is 11.2. The van der Waals surface area contributed by atoms with Crippen LogP contribution in [0.25, 0.3) is 0 Å². The molecular formula is C12H14N2O4. The number of anilines is 2. The van der Waals surface area contributed by atoms with Crippen LogP contribution < -0.4 is 15.4 Å². The zero-order valence-electron chi connectivity index (χ0n) is 9.90. The lowest BCUT2D eigenvalue weighted by atomic mass is 10.2. The van der Waals surface area contributed by atoms with Crippen LogP contribution in [0.15, 0.2) is 18.2 Å². The first-order valence-electron chi connectivity index (χ1n) is 5.66. The zero-order valence-corrected chi connectivity index (χ0v) is 9.90. The minimum atomic E-state index is -0.907. The van der Waals surface area contributed by atoms with Gasteiger partial charge in [0.25, 0.3) is 5.91 Å². The summed E-state index contributed by atoms with van der Waals surface area (Å²) < 4.78 is 5.21. The van der Waals surface area contributed by atoms with E-state index < -0.39 is 12.0 Å². The number of carboxylic acid groups (broad SMARTS) is 1. The largest absolute Gasteiger partial charge is 0.482 e. The zero-order chi connectivity index (χ0) is 13.1. The summed E-state index contributed by atoms with van der Waals surface area (Å²) in [6, 6.07) is 4.44. The minimum Gasteiger partial charge on any atom is -0.482 e. The van der Waals surface area contributed by atoms with Gasteiger partial charge < -0.3 is 20.5 Å². The Kier molecular flexibility index (Phi) is 3.36. The highest BCUT2D eigenvalue weighted by Gasteiger charge is 2.18. The number of benzene rings is 1. The Balaban J connectivity index is 2.18. The van der Waals surface area contributed by atoms with E-state index in [-0.39, 0.29) is 12.5 Å². The third kappa shape index (κ3) is 2.53. The van der Waals surface area contributed by atoms with Crippen LogP contribution in [0.4, 0.5) is 11.4 Å². The van der Waals surface area contributed by atoms with Gasteiger partial charge >= 0.3 is 5.97 Å². The number of rotatable bonds is 4. The number of carboxylic acids is 1. The van der Waals surface area contributed by atoms with Gasteiger partial charge in [0, 0.05) is 5.69 Å². The SMILES string of the molecule is CCC(Nc1ccc2c(c1)NC(=O)CO2)C(=O)O. The molecule has 0 aliphatic carbocycles. The topological polar surface area (TPSA) is 87.7 Å². The Hall–Kier alpha value is -2.24. The molecule has 0 radical (unpaired) electrons. The van der Waals surface area contributed by atoms with Crippen LogP contribution in [-0.4, -0.2) is 29.6 Å². The van der Waals surface area contributed by atoms with Crippen molar-refractivity contribution in [1.29, 1.82) is 0 Å². The summed E-state index contributed by atoms with van der Waals surface area (Å²) in [4.78, 5) is 22.1. The van der Waals surface area contributed by atoms with Crippen LogP contribution in [0.2, 0.25) is 0 Å². The number of carbonyl (C=O) groups excluding carboxylic acids is 1. The van der Waals surface area contributed by atoms with E-state index in [1.807, 2.05) is 0 Å². The lowest BCUT2D eigenvalue weighted by Gasteiger charge is -2.20. The smallest absolute Gasteiger partial charge is 0.326 e. The Morgan fingerprint density at radius 2 is 2.39 bits per heavy atom. The normalized spacial score (nSPS) is 15.1. The molecule has 1 aliphatic heterocycles. The highest BCUT2D eigenvalue weighted by molar-refractivity contribution is 5.96. The van der Waals surface area contributed by atoms with Gasteiger partial charge in [-0.2, -0.15) is 0 Å². The molecule has 1 unspecified atom stereocenters. The van der Waals surface area contributed by atoms with E-state index in [0.29, 0.717) is 23.5 Å². The lowest BCUT2D eigenvalue weighted by Crippen LogP contribution is -2.29. The van der Waals surface area contributed by atoms with Crippen molar-refractivity contribution in [2.24, 2.45) is 0 Å². The molecule has 1 amide bonds. The van der Waals surface area contributed by atoms with Crippen molar-refractivity contribution in [1.82, 2.24) is 0 Å². The number of hydrogen-bond acceptors (Lipinski definition) is 4. The lowest BCUT2D eigenvalue weighted by molar-refractivity contribution is -0.138. The van der Waals surface area contributed by atoms with Gasteiger partial charge in [0.2, 0.25) is 0 Å². The van der Waals surface area contributed by atoms with Gasteiger partial charge in [-0.3, -0.25) is 4.79 Å². The summed E-state index contributed by atoms with van der Waals surface area (Å²) in [5, 5.41) is 14.5. The average molecular weight is 250 g/mol. The molecule has 0 saturated heterocycles. The number of aliphatic carboxylic acids is 1. The van der Waals surface area contributed by atoms with E-state index in [2.05, 4.69) is 10.6 Å². The maximum Gasteiger partial charge on any atom is 0.326 e. The second kappa shape index (κ2) is 4.95. The van der Waals surface area contributed by atoms with Crippen LogP contribution >= 0.6 is 0 Å². The fourth-order valence-corrected chi connectivity index (χ4v) is 1.71. The highest BCUT2D eigenvalue weighted by Crippen LogP contribution is 2.30. The van der Waals surface area contributed by atoms with Crippen LogP contribution in [0.3, 0.4) is 0 Å². The maximum absolute atomic E-state index is 11.2. The van der Waals surface area contributed by atoms with Crippen LogP contribution in [0, 0.1) is 0 Å². The summed E-state index contributed by atoms with van der Waals surface area (Å²) in [6.07, 6.45) is 0.468. The van der Waals surface area contributed by atoms with E-state index in [1.165, 1.54) is 0 Å². The first-order valence-corrected chi connectivity index (χ1v) is 5.66. The highest BCUT2D eigenvalue weighted by atomic mass is 16.5. The summed E-state index contributed by atoms with van der Waals surface area (Å²) in [5.41, 5.74) is 1.19. The van der Waals surface area contributed by atoms with Gasteiger partial charge in [-0.15, -0.1) is 0 Å². The molecule has 3 N–H and O–H groups in total. The molecule has 18 heavy (non-hydrogen) atoms. The van der Waals surface area contributed by atoms with Gasteiger partial charge in [0.15, 0.2) is 6.61 Å². The molecule has 1 aliphatic rings. The Morgan fingerprint density at radius 3 is 3.06 bits per heavy atom. The number of amides is 1. The van der Waals surface area contributed by atoms with E-state index in [4.69, 9.17) is 9.84 Å². The summed E-state index contributed by atoms with van der Waals surface area (Å²) in [6.45, 7) is 1.79. The monoisotopic (exact) mass is 250 g/mol. The molecule has 96 valence electrons. The van der Waals surface area contributed by atoms with Gasteiger partial charge in [-0.1, -0.05) is 6.92 Å². The first kappa shape index (κ1) is 12.2. The number of hydrogen-bond donors (Lipinski definition) is 3. The quantitative estimate of drug-likeness (QED) is 0.749. The summed E-state index contributed by atoms with van der Waals surface area (Å²) in [5.74, 6) is -0.538. The Bertz CT molecular complexity index is 487. The van der Waals surface area contributed by atoms with Gasteiger partial charge in [0.1, 0.15) is 11.8 Å². The van der Waals surface area contributed by atoms with Crippen LogP contribution in [0.1, 0.15) is 13.3 Å². The predicted octanol–water partition coefficient (Wildman–Crippen LogP) is 1.29. The molecule has 0 fully saturated rings. The van der Waals surface area contributed by atoms with Gasteiger partial charge in [0.05, 0.1) is 5.69 Å². The van der Waals surface area contributed by atoms with Gasteiger partial charge in [-0.05, 0) is 24.6 Å². The molecule has 6 heteroatoms. The van der Waals surface area contributed by atoms with E-state index in [1.54, 1.807) is 25.1 Å². The summed E-state index contributed by atoms with van der Waals surface area (Å²) >= 11 is 0. The van der Waals surface area contributed by atoms with E-state index in [0.717, 1.165) is 0 Å². The van der Waals surface area contributed by atoms with E-state index in [9.17, 15) is 9.59 Å². The van der Waals surface area contributed by atoms with Crippen LogP contribution in [0.5, 0.6) is 5.75 Å². The van der Waals surface area contributed by atoms with E-state index >= 15 is 0 Å². The molecule has 1 aromatic rings. The standard InChI is InChI=1S/C12H14N2O4/c1-2-8(12(16)17)13-7-3-4-10-9(5-7)14-11(15)6-18-10/h3-5,8,13H,2,6H2,1H3,(H,14,15)(H,16,17). The molecule has 1 aromatic carbocycles. The molecular weight excluding hydrogens is 236 g/mol. The molecule has 0 spiro atoms. The number of nitrogens with one attached hydrogen (secondary N) is 2. The third-order valence-corrected chi connectivity index (χ3v) is 2.66. The van der Waals surface area contributed by atoms with Crippen molar-refractivity contribution in [2.75, 3.05) is 17.2 Å². The molecule has 2 rings (SSSR count). The number of ether oxygens (including phenoxy) is 1. The first-order chi connectivity index (χ1) is 8.60. The fourth-order valence-electron chi connectivity index (χ4n) is 1.71. The number of fused-ring (bicyclic) bond motifs is 1. The van der Waals surface area contributed by atoms with Crippen LogP contribution in [-0.2, 0) is 9.59 Å². The van der Waals surface area contributed by atoms with Crippen molar-refractivity contribution in [3.8, 4) is 5.75 Å². The van der Waals surface area contributed by atoms with Crippen molar-refractivity contribution >= 4 is 23.3 Å². The van der Waals surface area contributed by atoms with Crippen molar-refractivity contribution in [2.45, 2.75) is 19.4 Å². The van der Waals surface area contributed by atoms with Crippen molar-refractivity contribution in [3.05, 3.63) is 18.2 Å². The molecule has 0 bridgehead atoms. The van der Waals surface area contributed by atoms with Crippen molar-refractivity contribution < 1.29 is 19.4 Å². The van der Waals surface area contributed by atoms with Crippen molar-refractivity contribution in [3.63, 3.8) is 0 Å². The Morgan fingerprint density at radius 1 is 1.61 bits per heavy atom. The molecule has 0 aromatic heterocycles. The Labute approximate surface area is 104 Å². The minimum absolute atomic E-state index is 0.00643. The number of carbonyl (C=O) groups is 2. The molecule has 6 nitrogen and oxygen atoms in total. The third-order valence-electron chi connectivity index (χ3n) is 2.66. The summed E-state index contributed by atoms with van der Waals surface area (Å²) in [7, 11) is 0. The average Bonchev–Trinajstić information content (AvgIpc) is 2.35.